The van der Waals surface area contributed by atoms with Crippen LogP contribution in [0.25, 0.3) is 0 Å². The molecular weight excluding hydrogens is 200 g/mol. The molecule has 0 atom stereocenters. The molecule has 0 radical (unpaired) electrons. The summed E-state index contributed by atoms with van der Waals surface area (Å²) in [6.07, 6.45) is 6.35. The van der Waals surface area contributed by atoms with E-state index < -0.39 is 0 Å². The third-order valence-electron chi connectivity index (χ3n) is 2.51. The molecule has 0 saturated heterocycles. The van der Waals surface area contributed by atoms with Gasteiger partial charge in [0, 0.05) is 6.04 Å². The topological polar surface area (TPSA) is 63.8 Å². The van der Waals surface area contributed by atoms with Crippen molar-refractivity contribution in [1.82, 2.24) is 10.2 Å². The second-order valence-corrected chi connectivity index (χ2v) is 3.97. The van der Waals surface area contributed by atoms with Gasteiger partial charge in [0.1, 0.15) is 5.02 Å². The molecule has 1 aliphatic rings. The van der Waals surface area contributed by atoms with Crippen LogP contribution in [0.4, 0.5) is 11.5 Å². The Kier molecular flexibility index (Phi) is 2.72. The molecule has 1 heterocycles. The van der Waals surface area contributed by atoms with Crippen LogP contribution in [0.3, 0.4) is 0 Å². The van der Waals surface area contributed by atoms with E-state index in [1.54, 1.807) is 0 Å². The first-order chi connectivity index (χ1) is 6.77. The second kappa shape index (κ2) is 4.00. The summed E-state index contributed by atoms with van der Waals surface area (Å²) >= 11 is 5.98. The zero-order chi connectivity index (χ0) is 9.97. The van der Waals surface area contributed by atoms with Gasteiger partial charge in [0.15, 0.2) is 5.82 Å². The van der Waals surface area contributed by atoms with Crippen LogP contribution in [0.1, 0.15) is 25.7 Å². The Morgan fingerprint density at radius 3 is 2.86 bits per heavy atom. The number of rotatable bonds is 2. The Bertz CT molecular complexity index is 323. The van der Waals surface area contributed by atoms with Crippen LogP contribution in [0.5, 0.6) is 0 Å². The van der Waals surface area contributed by atoms with E-state index >= 15 is 0 Å². The molecule has 1 aromatic rings. The number of aromatic nitrogens is 2. The van der Waals surface area contributed by atoms with Crippen LogP contribution in [-0.2, 0) is 0 Å². The SMILES string of the molecule is Nc1cnnc(NC2CCCC2)c1Cl. The smallest absolute Gasteiger partial charge is 0.169 e. The van der Waals surface area contributed by atoms with E-state index in [0.717, 1.165) is 0 Å². The number of nitrogen functional groups attached to an aromatic ring is 1. The van der Waals surface area contributed by atoms with Crippen molar-refractivity contribution in [3.05, 3.63) is 11.2 Å². The van der Waals surface area contributed by atoms with Crippen LogP contribution in [0, 0.1) is 0 Å². The fraction of sp³-hybridized carbons (Fsp3) is 0.556. The zero-order valence-corrected chi connectivity index (χ0v) is 8.59. The van der Waals surface area contributed by atoms with Crippen LogP contribution in [-0.4, -0.2) is 16.2 Å². The highest BCUT2D eigenvalue weighted by Crippen LogP contribution is 2.28. The summed E-state index contributed by atoms with van der Waals surface area (Å²) in [5.41, 5.74) is 6.09. The molecule has 3 N–H and O–H groups in total. The van der Waals surface area contributed by atoms with E-state index in [4.69, 9.17) is 17.3 Å². The Balaban J connectivity index is 2.11. The lowest BCUT2D eigenvalue weighted by atomic mass is 10.2. The van der Waals surface area contributed by atoms with Gasteiger partial charge in [-0.1, -0.05) is 24.4 Å². The Labute approximate surface area is 87.9 Å². The van der Waals surface area contributed by atoms with Crippen molar-refractivity contribution >= 4 is 23.1 Å². The molecule has 4 nitrogen and oxygen atoms in total. The molecule has 1 aliphatic carbocycles. The fourth-order valence-corrected chi connectivity index (χ4v) is 1.88. The van der Waals surface area contributed by atoms with Crippen molar-refractivity contribution < 1.29 is 0 Å². The molecule has 2 rings (SSSR count). The lowest BCUT2D eigenvalue weighted by molar-refractivity contribution is 0.746. The monoisotopic (exact) mass is 212 g/mol. The molecule has 0 spiro atoms. The number of nitrogens with two attached hydrogens (primary N) is 1. The number of hydrogen-bond donors (Lipinski definition) is 2. The maximum absolute atomic E-state index is 5.98. The Hall–Kier alpha value is -1.03. The van der Waals surface area contributed by atoms with E-state index in [0.29, 0.717) is 22.6 Å². The summed E-state index contributed by atoms with van der Waals surface area (Å²) < 4.78 is 0. The van der Waals surface area contributed by atoms with Crippen LogP contribution in [0.15, 0.2) is 6.20 Å². The molecule has 0 aliphatic heterocycles. The average molecular weight is 213 g/mol. The molecule has 0 bridgehead atoms. The first-order valence-electron chi connectivity index (χ1n) is 4.80. The van der Waals surface area contributed by atoms with Gasteiger partial charge < -0.3 is 11.1 Å². The summed E-state index contributed by atoms with van der Waals surface area (Å²) in [7, 11) is 0. The quantitative estimate of drug-likeness (QED) is 0.788. The maximum Gasteiger partial charge on any atom is 0.169 e. The highest BCUT2D eigenvalue weighted by atomic mass is 35.5. The molecule has 76 valence electrons. The lowest BCUT2D eigenvalue weighted by Crippen LogP contribution is -2.16. The van der Waals surface area contributed by atoms with E-state index in [1.807, 2.05) is 0 Å². The third kappa shape index (κ3) is 1.90. The van der Waals surface area contributed by atoms with Crippen molar-refractivity contribution in [1.29, 1.82) is 0 Å². The predicted molar refractivity (Wildman–Crippen MR) is 57.3 cm³/mol. The summed E-state index contributed by atoms with van der Waals surface area (Å²) in [6, 6.07) is 0.476. The van der Waals surface area contributed by atoms with E-state index in [-0.39, 0.29) is 0 Å². The molecule has 1 fully saturated rings. The van der Waals surface area contributed by atoms with E-state index in [2.05, 4.69) is 15.5 Å². The molecule has 0 amide bonds. The fourth-order valence-electron chi connectivity index (χ4n) is 1.74. The maximum atomic E-state index is 5.98. The summed E-state index contributed by atoms with van der Waals surface area (Å²) in [6.45, 7) is 0. The number of halogens is 1. The standard InChI is InChI=1S/C9H13ClN4/c10-8-7(11)5-12-14-9(8)13-6-3-1-2-4-6/h5-6H,1-4H2,(H3,11,13,14). The highest BCUT2D eigenvalue weighted by Gasteiger charge is 2.17. The molecule has 0 aromatic carbocycles. The third-order valence-corrected chi connectivity index (χ3v) is 2.91. The van der Waals surface area contributed by atoms with Crippen molar-refractivity contribution in [3.63, 3.8) is 0 Å². The van der Waals surface area contributed by atoms with Gasteiger partial charge in [-0.2, -0.15) is 5.10 Å². The van der Waals surface area contributed by atoms with Gasteiger partial charge in [0.25, 0.3) is 0 Å². The average Bonchev–Trinajstić information content (AvgIpc) is 2.66. The van der Waals surface area contributed by atoms with Crippen molar-refractivity contribution in [2.75, 3.05) is 11.1 Å². The lowest BCUT2D eigenvalue weighted by Gasteiger charge is -2.13. The van der Waals surface area contributed by atoms with Gasteiger partial charge in [-0.15, -0.1) is 5.10 Å². The minimum Gasteiger partial charge on any atom is -0.396 e. The minimum atomic E-state index is 0.474. The minimum absolute atomic E-state index is 0.474. The van der Waals surface area contributed by atoms with Crippen molar-refractivity contribution in [2.24, 2.45) is 0 Å². The number of anilines is 2. The van der Waals surface area contributed by atoms with Gasteiger partial charge in [0.05, 0.1) is 11.9 Å². The van der Waals surface area contributed by atoms with Crippen molar-refractivity contribution in [2.45, 2.75) is 31.7 Å². The van der Waals surface area contributed by atoms with Crippen LogP contribution < -0.4 is 11.1 Å². The summed E-state index contributed by atoms with van der Waals surface area (Å²) in [4.78, 5) is 0. The van der Waals surface area contributed by atoms with Crippen molar-refractivity contribution in [3.8, 4) is 0 Å². The molecule has 1 saturated carbocycles. The highest BCUT2D eigenvalue weighted by molar-refractivity contribution is 6.35. The van der Waals surface area contributed by atoms with Crippen LogP contribution in [0.2, 0.25) is 5.02 Å². The predicted octanol–water partition coefficient (Wildman–Crippen LogP) is 2.07. The molecular formula is C9H13ClN4. The first-order valence-corrected chi connectivity index (χ1v) is 5.18. The van der Waals surface area contributed by atoms with Gasteiger partial charge >= 0.3 is 0 Å². The van der Waals surface area contributed by atoms with Gasteiger partial charge in [-0.3, -0.25) is 0 Å². The molecule has 5 heteroatoms. The van der Waals surface area contributed by atoms with Gasteiger partial charge in [-0.05, 0) is 12.8 Å². The Morgan fingerprint density at radius 1 is 1.43 bits per heavy atom. The first kappa shape index (κ1) is 9.52. The summed E-state index contributed by atoms with van der Waals surface area (Å²) in [5.74, 6) is 0.610. The van der Waals surface area contributed by atoms with Gasteiger partial charge in [-0.25, -0.2) is 0 Å². The second-order valence-electron chi connectivity index (χ2n) is 3.59. The number of hydrogen-bond acceptors (Lipinski definition) is 4. The van der Waals surface area contributed by atoms with Crippen LogP contribution >= 0.6 is 11.6 Å². The Morgan fingerprint density at radius 2 is 2.14 bits per heavy atom. The van der Waals surface area contributed by atoms with Gasteiger partial charge in [0.2, 0.25) is 0 Å². The van der Waals surface area contributed by atoms with E-state index in [9.17, 15) is 0 Å². The normalized spacial score (nSPS) is 17.2. The van der Waals surface area contributed by atoms with E-state index in [1.165, 1.54) is 31.9 Å². The number of nitrogens with one attached hydrogen (secondary N) is 1. The molecule has 14 heavy (non-hydrogen) atoms. The number of nitrogens with zero attached hydrogens (tertiary/aromatic N) is 2. The largest absolute Gasteiger partial charge is 0.396 e. The molecule has 0 unspecified atom stereocenters. The zero-order valence-electron chi connectivity index (χ0n) is 7.83. The summed E-state index contributed by atoms with van der Waals surface area (Å²) in [5, 5.41) is 11.4. The molecule has 1 aromatic heterocycles.